The van der Waals surface area contributed by atoms with Gasteiger partial charge in [-0.15, -0.1) is 0 Å². The summed E-state index contributed by atoms with van der Waals surface area (Å²) in [5.74, 6) is 0.143. The van der Waals surface area contributed by atoms with Crippen LogP contribution in [-0.4, -0.2) is 33.2 Å². The molecule has 2 atom stereocenters. The number of rotatable bonds is 5. The number of hydrogen-bond acceptors (Lipinski definition) is 4. The van der Waals surface area contributed by atoms with E-state index < -0.39 is 16.7 Å². The fourth-order valence-corrected chi connectivity index (χ4v) is 1.33. The van der Waals surface area contributed by atoms with Gasteiger partial charge in [-0.1, -0.05) is 0 Å². The Morgan fingerprint density at radius 1 is 1.62 bits per heavy atom. The first-order valence-corrected chi connectivity index (χ1v) is 6.44. The molecule has 0 saturated heterocycles. The standard InChI is InChI=1S/C10H15N3O2S/c1-7(16(2)15)5-12-9-4-3-8(6-13-9)10(11)14/h3-4,6-7H,5H2,1-2H3,(H2,11,14)(H,12,13). The summed E-state index contributed by atoms with van der Waals surface area (Å²) in [6, 6.07) is 3.27. The van der Waals surface area contributed by atoms with Crippen molar-refractivity contribution in [3.05, 3.63) is 23.9 Å². The normalized spacial score (nSPS) is 14.1. The second kappa shape index (κ2) is 5.60. The van der Waals surface area contributed by atoms with Crippen LogP contribution in [-0.2, 0) is 10.8 Å². The number of pyridine rings is 1. The first-order valence-electron chi connectivity index (χ1n) is 4.82. The molecule has 3 N–H and O–H groups in total. The molecular weight excluding hydrogens is 226 g/mol. The van der Waals surface area contributed by atoms with E-state index in [-0.39, 0.29) is 5.25 Å². The Kier molecular flexibility index (Phi) is 4.42. The molecule has 0 saturated carbocycles. The Morgan fingerprint density at radius 2 is 2.31 bits per heavy atom. The molecule has 5 nitrogen and oxygen atoms in total. The highest BCUT2D eigenvalue weighted by molar-refractivity contribution is 7.84. The van der Waals surface area contributed by atoms with Crippen LogP contribution in [0.2, 0.25) is 0 Å². The molecule has 1 aromatic rings. The number of carbonyl (C=O) groups excluding carboxylic acids is 1. The van der Waals surface area contributed by atoms with E-state index in [2.05, 4.69) is 10.3 Å². The maximum atomic E-state index is 11.1. The van der Waals surface area contributed by atoms with Gasteiger partial charge in [-0.3, -0.25) is 9.00 Å². The van der Waals surface area contributed by atoms with Crippen LogP contribution in [0.1, 0.15) is 17.3 Å². The van der Waals surface area contributed by atoms with Crippen LogP contribution in [0.4, 0.5) is 5.82 Å². The Hall–Kier alpha value is -1.43. The van der Waals surface area contributed by atoms with Crippen LogP contribution in [0.15, 0.2) is 18.3 Å². The van der Waals surface area contributed by atoms with Crippen LogP contribution in [0.3, 0.4) is 0 Å². The molecule has 88 valence electrons. The van der Waals surface area contributed by atoms with Crippen LogP contribution in [0.25, 0.3) is 0 Å². The minimum atomic E-state index is -0.860. The summed E-state index contributed by atoms with van der Waals surface area (Å²) in [6.45, 7) is 2.47. The number of amides is 1. The van der Waals surface area contributed by atoms with Gasteiger partial charge in [0.05, 0.1) is 5.56 Å². The number of carbonyl (C=O) groups is 1. The van der Waals surface area contributed by atoms with Gasteiger partial charge in [-0.25, -0.2) is 4.98 Å². The molecule has 0 aromatic carbocycles. The number of nitrogens with one attached hydrogen (secondary N) is 1. The van der Waals surface area contributed by atoms with Crippen molar-refractivity contribution in [3.8, 4) is 0 Å². The van der Waals surface area contributed by atoms with Crippen LogP contribution in [0.5, 0.6) is 0 Å². The van der Waals surface area contributed by atoms with E-state index in [1.807, 2.05) is 6.92 Å². The van der Waals surface area contributed by atoms with Crippen molar-refractivity contribution in [2.24, 2.45) is 5.73 Å². The quantitative estimate of drug-likeness (QED) is 0.779. The van der Waals surface area contributed by atoms with Gasteiger partial charge in [0.15, 0.2) is 0 Å². The summed E-state index contributed by atoms with van der Waals surface area (Å²) in [7, 11) is -0.860. The maximum absolute atomic E-state index is 11.1. The lowest BCUT2D eigenvalue weighted by Gasteiger charge is -2.10. The third-order valence-electron chi connectivity index (χ3n) is 2.19. The lowest BCUT2D eigenvalue weighted by atomic mass is 10.3. The molecule has 0 spiro atoms. The fourth-order valence-electron chi connectivity index (χ4n) is 1.01. The summed E-state index contributed by atoms with van der Waals surface area (Å²) in [6.07, 6.45) is 3.08. The molecule has 0 fully saturated rings. The lowest BCUT2D eigenvalue weighted by molar-refractivity contribution is 0.1000. The molecule has 1 heterocycles. The van der Waals surface area contributed by atoms with Crippen molar-refractivity contribution < 1.29 is 9.00 Å². The SMILES string of the molecule is CC(CNc1ccc(C(N)=O)cn1)S(C)=O. The van der Waals surface area contributed by atoms with E-state index in [9.17, 15) is 9.00 Å². The first-order chi connectivity index (χ1) is 7.50. The van der Waals surface area contributed by atoms with E-state index in [0.29, 0.717) is 17.9 Å². The number of nitrogens with zero attached hydrogens (tertiary/aromatic N) is 1. The highest BCUT2D eigenvalue weighted by Crippen LogP contribution is 2.05. The van der Waals surface area contributed by atoms with Crippen molar-refractivity contribution in [2.75, 3.05) is 18.1 Å². The molecule has 16 heavy (non-hydrogen) atoms. The van der Waals surface area contributed by atoms with E-state index in [1.165, 1.54) is 6.20 Å². The zero-order chi connectivity index (χ0) is 12.1. The number of primary amides is 1. The average molecular weight is 241 g/mol. The lowest BCUT2D eigenvalue weighted by Crippen LogP contribution is -2.21. The number of aromatic nitrogens is 1. The second-order valence-electron chi connectivity index (χ2n) is 3.49. The third kappa shape index (κ3) is 3.62. The maximum Gasteiger partial charge on any atom is 0.250 e. The summed E-state index contributed by atoms with van der Waals surface area (Å²) in [4.78, 5) is 14.8. The predicted molar refractivity (Wildman–Crippen MR) is 64.8 cm³/mol. The molecule has 1 aromatic heterocycles. The van der Waals surface area contributed by atoms with Crippen molar-refractivity contribution >= 4 is 22.5 Å². The van der Waals surface area contributed by atoms with Crippen molar-refractivity contribution in [1.82, 2.24) is 4.98 Å². The van der Waals surface area contributed by atoms with Gasteiger partial charge < -0.3 is 11.1 Å². The molecule has 0 aliphatic rings. The molecule has 0 aliphatic carbocycles. The summed E-state index contributed by atoms with van der Waals surface area (Å²) in [5, 5.41) is 3.09. The van der Waals surface area contributed by atoms with Crippen LogP contribution in [0, 0.1) is 0 Å². The summed E-state index contributed by atoms with van der Waals surface area (Å²) >= 11 is 0. The Morgan fingerprint density at radius 3 is 2.75 bits per heavy atom. The number of hydrogen-bond donors (Lipinski definition) is 2. The molecule has 2 unspecified atom stereocenters. The van der Waals surface area contributed by atoms with Crippen molar-refractivity contribution in [3.63, 3.8) is 0 Å². The monoisotopic (exact) mass is 241 g/mol. The molecule has 6 heteroatoms. The summed E-state index contributed by atoms with van der Waals surface area (Å²) in [5.41, 5.74) is 5.46. The zero-order valence-electron chi connectivity index (χ0n) is 9.27. The van der Waals surface area contributed by atoms with Gasteiger partial charge in [-0.05, 0) is 19.1 Å². The topological polar surface area (TPSA) is 85.1 Å². The van der Waals surface area contributed by atoms with E-state index in [1.54, 1.807) is 18.4 Å². The van der Waals surface area contributed by atoms with E-state index in [0.717, 1.165) is 0 Å². The van der Waals surface area contributed by atoms with E-state index >= 15 is 0 Å². The predicted octanol–water partition coefficient (Wildman–Crippen LogP) is 0.359. The van der Waals surface area contributed by atoms with Gasteiger partial charge in [0.2, 0.25) is 5.91 Å². The molecule has 1 amide bonds. The minimum absolute atomic E-state index is 0.0533. The van der Waals surface area contributed by atoms with Gasteiger partial charge in [0, 0.05) is 35.0 Å². The average Bonchev–Trinajstić information content (AvgIpc) is 2.26. The Labute approximate surface area is 96.9 Å². The minimum Gasteiger partial charge on any atom is -0.369 e. The highest BCUT2D eigenvalue weighted by Gasteiger charge is 2.06. The highest BCUT2D eigenvalue weighted by atomic mass is 32.2. The molecule has 1 rings (SSSR count). The molecule has 0 radical (unpaired) electrons. The van der Waals surface area contributed by atoms with Gasteiger partial charge in [0.1, 0.15) is 5.82 Å². The number of anilines is 1. The summed E-state index contributed by atoms with van der Waals surface area (Å²) < 4.78 is 11.1. The Bertz CT molecular complexity index is 392. The molecule has 0 bridgehead atoms. The Balaban J connectivity index is 2.56. The fraction of sp³-hybridized carbons (Fsp3) is 0.400. The molecular formula is C10H15N3O2S. The smallest absolute Gasteiger partial charge is 0.250 e. The number of nitrogens with two attached hydrogens (primary N) is 1. The van der Waals surface area contributed by atoms with Crippen molar-refractivity contribution in [2.45, 2.75) is 12.2 Å². The van der Waals surface area contributed by atoms with Gasteiger partial charge in [0.25, 0.3) is 0 Å². The second-order valence-corrected chi connectivity index (χ2v) is 5.29. The van der Waals surface area contributed by atoms with Gasteiger partial charge >= 0.3 is 0 Å². The van der Waals surface area contributed by atoms with Gasteiger partial charge in [-0.2, -0.15) is 0 Å². The third-order valence-corrected chi connectivity index (χ3v) is 3.49. The zero-order valence-corrected chi connectivity index (χ0v) is 10.1. The molecule has 0 aliphatic heterocycles. The van der Waals surface area contributed by atoms with Crippen LogP contribution >= 0.6 is 0 Å². The van der Waals surface area contributed by atoms with Crippen molar-refractivity contribution in [1.29, 1.82) is 0 Å². The van der Waals surface area contributed by atoms with Crippen LogP contribution < -0.4 is 11.1 Å². The first kappa shape index (κ1) is 12.6. The van der Waals surface area contributed by atoms with E-state index in [4.69, 9.17) is 5.73 Å². The largest absolute Gasteiger partial charge is 0.369 e.